The summed E-state index contributed by atoms with van der Waals surface area (Å²) in [5.74, 6) is -1.18. The highest BCUT2D eigenvalue weighted by Gasteiger charge is 2.34. The van der Waals surface area contributed by atoms with Crippen LogP contribution in [0.2, 0.25) is 0 Å². The van der Waals surface area contributed by atoms with Crippen molar-refractivity contribution in [2.75, 3.05) is 0 Å². The van der Waals surface area contributed by atoms with E-state index < -0.39 is 11.8 Å². The second-order valence-corrected chi connectivity index (χ2v) is 6.69. The van der Waals surface area contributed by atoms with Crippen LogP contribution in [-0.2, 0) is 11.8 Å². The number of hydrogen-bond donors (Lipinski definition) is 2. The molecular formula is C16H13N3O3S2. The number of hydrazine groups is 1. The van der Waals surface area contributed by atoms with E-state index in [0.717, 1.165) is 22.5 Å². The average molecular weight is 359 g/mol. The molecule has 1 fully saturated rings. The number of benzene rings is 1. The van der Waals surface area contributed by atoms with E-state index in [1.165, 1.54) is 12.1 Å². The average Bonchev–Trinajstić information content (AvgIpc) is 3.06. The van der Waals surface area contributed by atoms with Crippen LogP contribution in [0.3, 0.4) is 0 Å². The molecule has 0 saturated carbocycles. The maximum absolute atomic E-state index is 12.5. The lowest BCUT2D eigenvalue weighted by molar-refractivity contribution is -0.123. The van der Waals surface area contributed by atoms with Crippen LogP contribution in [0, 0.1) is 0 Å². The fraction of sp³-hybridized carbons (Fsp3) is 0.0625. The van der Waals surface area contributed by atoms with Crippen molar-refractivity contribution < 1.29 is 14.7 Å². The highest BCUT2D eigenvalue weighted by molar-refractivity contribution is 8.26. The monoisotopic (exact) mass is 359 g/mol. The van der Waals surface area contributed by atoms with E-state index in [4.69, 9.17) is 12.2 Å². The number of aryl methyl sites for hydroxylation is 1. The Hall–Kier alpha value is -2.58. The Morgan fingerprint density at radius 3 is 2.71 bits per heavy atom. The van der Waals surface area contributed by atoms with Gasteiger partial charge in [0.05, 0.1) is 10.5 Å². The van der Waals surface area contributed by atoms with E-state index in [2.05, 4.69) is 5.43 Å². The van der Waals surface area contributed by atoms with E-state index in [1.54, 1.807) is 18.2 Å². The largest absolute Gasteiger partial charge is 0.507 e. The summed E-state index contributed by atoms with van der Waals surface area (Å²) in [6.07, 6.45) is 3.58. The Morgan fingerprint density at radius 2 is 2.04 bits per heavy atom. The molecule has 1 aromatic carbocycles. The molecule has 0 radical (unpaired) electrons. The summed E-state index contributed by atoms with van der Waals surface area (Å²) in [6.45, 7) is 0. The number of nitrogens with one attached hydrogen (secondary N) is 1. The molecule has 24 heavy (non-hydrogen) atoms. The number of carbonyl (C=O) groups excluding carboxylic acids is 2. The van der Waals surface area contributed by atoms with Gasteiger partial charge >= 0.3 is 0 Å². The van der Waals surface area contributed by atoms with E-state index in [-0.39, 0.29) is 15.6 Å². The van der Waals surface area contributed by atoms with Crippen molar-refractivity contribution >= 4 is 46.2 Å². The lowest BCUT2D eigenvalue weighted by Gasteiger charge is -2.16. The standard InChI is InChI=1S/C16H13N3O3S2/c1-18-8-4-5-10(18)9-13-15(22)19(16(23)24-13)17-14(21)11-6-2-3-7-12(11)20/h2-9,20H,1H3,(H,17,21)/b13-9+. The Bertz CT molecular complexity index is 873. The minimum Gasteiger partial charge on any atom is -0.507 e. The molecule has 1 aliphatic heterocycles. The van der Waals surface area contributed by atoms with Gasteiger partial charge in [0.15, 0.2) is 4.32 Å². The van der Waals surface area contributed by atoms with E-state index in [9.17, 15) is 14.7 Å². The fourth-order valence-electron chi connectivity index (χ4n) is 2.15. The van der Waals surface area contributed by atoms with E-state index in [0.29, 0.717) is 4.91 Å². The fourth-order valence-corrected chi connectivity index (χ4v) is 3.31. The van der Waals surface area contributed by atoms with Gasteiger partial charge in [-0.25, -0.2) is 0 Å². The van der Waals surface area contributed by atoms with Crippen LogP contribution in [0.5, 0.6) is 5.75 Å². The second kappa shape index (κ2) is 6.50. The summed E-state index contributed by atoms with van der Waals surface area (Å²) in [5.41, 5.74) is 3.35. The number of phenolic OH excluding ortho intramolecular Hbond substituents is 1. The molecule has 0 atom stereocenters. The van der Waals surface area contributed by atoms with Gasteiger partial charge in [0.1, 0.15) is 5.75 Å². The van der Waals surface area contributed by atoms with Crippen LogP contribution in [0.15, 0.2) is 47.5 Å². The third-order valence-electron chi connectivity index (χ3n) is 3.42. The zero-order valence-electron chi connectivity index (χ0n) is 12.6. The Morgan fingerprint density at radius 1 is 1.29 bits per heavy atom. The lowest BCUT2D eigenvalue weighted by atomic mass is 10.2. The number of thiocarbonyl (C=S) groups is 1. The third kappa shape index (κ3) is 3.06. The third-order valence-corrected chi connectivity index (χ3v) is 4.72. The summed E-state index contributed by atoms with van der Waals surface area (Å²) in [6, 6.07) is 9.82. The summed E-state index contributed by atoms with van der Waals surface area (Å²) >= 11 is 6.28. The van der Waals surface area contributed by atoms with Crippen molar-refractivity contribution in [3.05, 3.63) is 58.8 Å². The van der Waals surface area contributed by atoms with Crippen LogP contribution >= 0.6 is 24.0 Å². The van der Waals surface area contributed by atoms with Crippen molar-refractivity contribution in [2.45, 2.75) is 0 Å². The number of para-hydroxylation sites is 1. The summed E-state index contributed by atoms with van der Waals surface area (Å²) in [4.78, 5) is 25.1. The first-order chi connectivity index (χ1) is 11.5. The van der Waals surface area contributed by atoms with E-state index >= 15 is 0 Å². The number of amides is 2. The van der Waals surface area contributed by atoms with Gasteiger partial charge in [0.2, 0.25) is 0 Å². The summed E-state index contributed by atoms with van der Waals surface area (Å²) in [5, 5.41) is 10.7. The smallest absolute Gasteiger partial charge is 0.285 e. The molecule has 6 nitrogen and oxygen atoms in total. The van der Waals surface area contributed by atoms with Crippen molar-refractivity contribution in [1.82, 2.24) is 15.0 Å². The van der Waals surface area contributed by atoms with Gasteiger partial charge in [-0.05, 0) is 42.6 Å². The zero-order chi connectivity index (χ0) is 17.3. The van der Waals surface area contributed by atoms with Crippen molar-refractivity contribution in [3.8, 4) is 5.75 Å². The van der Waals surface area contributed by atoms with Crippen molar-refractivity contribution in [1.29, 1.82) is 0 Å². The minimum atomic E-state index is -0.607. The first kappa shape index (κ1) is 16.3. The van der Waals surface area contributed by atoms with Crippen LogP contribution in [0.25, 0.3) is 6.08 Å². The van der Waals surface area contributed by atoms with Crippen LogP contribution < -0.4 is 5.43 Å². The number of carbonyl (C=O) groups is 2. The predicted molar refractivity (Wildman–Crippen MR) is 96.0 cm³/mol. The van der Waals surface area contributed by atoms with Gasteiger partial charge < -0.3 is 9.67 Å². The van der Waals surface area contributed by atoms with Crippen LogP contribution in [-0.4, -0.2) is 30.8 Å². The molecule has 2 amide bonds. The van der Waals surface area contributed by atoms with Crippen LogP contribution in [0.1, 0.15) is 16.1 Å². The normalized spacial score (nSPS) is 16.0. The SMILES string of the molecule is Cn1cccc1/C=C1/SC(=S)N(NC(=O)c2ccccc2O)C1=O. The molecule has 2 heterocycles. The Labute approximate surface area is 147 Å². The summed E-state index contributed by atoms with van der Waals surface area (Å²) in [7, 11) is 1.87. The number of rotatable bonds is 3. The molecule has 0 bridgehead atoms. The Kier molecular flexibility index (Phi) is 4.41. The first-order valence-corrected chi connectivity index (χ1v) is 8.18. The number of nitrogens with zero attached hydrogens (tertiary/aromatic N) is 2. The predicted octanol–water partition coefficient (Wildman–Crippen LogP) is 2.28. The van der Waals surface area contributed by atoms with Gasteiger partial charge in [-0.2, -0.15) is 5.01 Å². The van der Waals surface area contributed by atoms with Gasteiger partial charge in [-0.15, -0.1) is 0 Å². The number of thioether (sulfide) groups is 1. The second-order valence-electron chi connectivity index (χ2n) is 5.02. The topological polar surface area (TPSA) is 74.6 Å². The quantitative estimate of drug-likeness (QED) is 0.650. The van der Waals surface area contributed by atoms with E-state index in [1.807, 2.05) is 29.9 Å². The van der Waals surface area contributed by atoms with Crippen molar-refractivity contribution in [3.63, 3.8) is 0 Å². The maximum atomic E-state index is 12.5. The highest BCUT2D eigenvalue weighted by atomic mass is 32.2. The molecule has 0 aliphatic carbocycles. The highest BCUT2D eigenvalue weighted by Crippen LogP contribution is 2.31. The number of hydrogen-bond acceptors (Lipinski definition) is 5. The van der Waals surface area contributed by atoms with Gasteiger partial charge in [-0.3, -0.25) is 15.0 Å². The molecule has 0 spiro atoms. The molecule has 2 N–H and O–H groups in total. The molecule has 8 heteroatoms. The lowest BCUT2D eigenvalue weighted by Crippen LogP contribution is -2.44. The molecule has 3 rings (SSSR count). The molecule has 2 aromatic rings. The molecule has 122 valence electrons. The van der Waals surface area contributed by atoms with Gasteiger partial charge in [0, 0.05) is 18.9 Å². The molecule has 1 aliphatic rings. The maximum Gasteiger partial charge on any atom is 0.285 e. The zero-order valence-corrected chi connectivity index (χ0v) is 14.2. The number of aromatic hydroxyl groups is 1. The summed E-state index contributed by atoms with van der Waals surface area (Å²) < 4.78 is 2.09. The molecule has 1 saturated heterocycles. The number of aromatic nitrogens is 1. The Balaban J connectivity index is 1.80. The van der Waals surface area contributed by atoms with Gasteiger partial charge in [0.25, 0.3) is 11.8 Å². The first-order valence-electron chi connectivity index (χ1n) is 6.95. The minimum absolute atomic E-state index is 0.0676. The molecular weight excluding hydrogens is 346 g/mol. The van der Waals surface area contributed by atoms with Gasteiger partial charge in [-0.1, -0.05) is 23.9 Å². The molecule has 1 aromatic heterocycles. The van der Waals surface area contributed by atoms with Crippen LogP contribution in [0.4, 0.5) is 0 Å². The molecule has 0 unspecified atom stereocenters. The number of phenols is 1. The van der Waals surface area contributed by atoms with Crippen molar-refractivity contribution in [2.24, 2.45) is 7.05 Å².